The second kappa shape index (κ2) is 9.87. The lowest BCUT2D eigenvalue weighted by molar-refractivity contribution is 0.828. The molecule has 0 unspecified atom stereocenters. The summed E-state index contributed by atoms with van der Waals surface area (Å²) >= 11 is 15.1. The van der Waals surface area contributed by atoms with Crippen LogP contribution in [-0.2, 0) is 0 Å². The predicted octanol–water partition coefficient (Wildman–Crippen LogP) is 3.47. The molecule has 0 radical (unpaired) electrons. The molecule has 1 aliphatic heterocycles. The molecule has 9 heteroatoms. The number of rotatable bonds is 8. The van der Waals surface area contributed by atoms with Crippen LogP contribution >= 0.6 is 47.1 Å². The molecular formula is C11H21Cl2N5S2. The summed E-state index contributed by atoms with van der Waals surface area (Å²) in [5.41, 5.74) is 0. The number of aliphatic imine (C=N–C) groups is 2. The Labute approximate surface area is 139 Å². The maximum Gasteiger partial charge on any atom is 0.311 e. The Morgan fingerprint density at radius 3 is 1.85 bits per heavy atom. The Kier molecular flexibility index (Phi) is 8.91. The van der Waals surface area contributed by atoms with Gasteiger partial charge >= 0.3 is 4.58 Å². The van der Waals surface area contributed by atoms with Crippen molar-refractivity contribution < 1.29 is 0 Å². The van der Waals surface area contributed by atoms with Gasteiger partial charge in [0.1, 0.15) is 0 Å². The first-order valence-corrected chi connectivity index (χ1v) is 9.40. The zero-order valence-corrected chi connectivity index (χ0v) is 14.9. The number of halogens is 2. The van der Waals surface area contributed by atoms with Gasteiger partial charge in [0.2, 0.25) is 11.9 Å². The summed E-state index contributed by atoms with van der Waals surface area (Å²) in [4.78, 5) is 8.15. The molecule has 3 N–H and O–H groups in total. The summed E-state index contributed by atoms with van der Waals surface area (Å²) in [5.74, 6) is 3.04. The standard InChI is InChI=1S/C11H21Cl2N5S2/c1-3-5-7-19-17-9-14-10(16-11(12,13)15-9)18-20-8-6-4-2/h3-8H2,1-2H3,(H3,14,15,16,17,18). The SMILES string of the molecule is CCCCSNC1=NC(Cl)(Cl)N=C(NSCCCC)N1. The third-order valence-electron chi connectivity index (χ3n) is 2.27. The number of guanidine groups is 2. The van der Waals surface area contributed by atoms with Gasteiger partial charge in [-0.3, -0.25) is 14.8 Å². The Balaban J connectivity index is 2.40. The van der Waals surface area contributed by atoms with Crippen molar-refractivity contribution in [3.8, 4) is 0 Å². The fourth-order valence-electron chi connectivity index (χ4n) is 1.23. The van der Waals surface area contributed by atoms with E-state index in [2.05, 4.69) is 38.6 Å². The van der Waals surface area contributed by atoms with Crippen molar-refractivity contribution in [2.75, 3.05) is 11.5 Å². The largest absolute Gasteiger partial charge is 0.311 e. The zero-order valence-electron chi connectivity index (χ0n) is 11.7. The Bertz CT molecular complexity index is 320. The molecule has 1 rings (SSSR count). The van der Waals surface area contributed by atoms with Crippen LogP contribution in [0.15, 0.2) is 9.98 Å². The molecule has 5 nitrogen and oxygen atoms in total. The summed E-state index contributed by atoms with van der Waals surface area (Å²) in [6.45, 7) is 4.31. The summed E-state index contributed by atoms with van der Waals surface area (Å²) in [5, 5.41) is 3.03. The zero-order chi connectivity index (χ0) is 14.8. The monoisotopic (exact) mass is 357 g/mol. The Hall–Kier alpha value is 0.0200. The minimum atomic E-state index is -1.48. The van der Waals surface area contributed by atoms with Crippen LogP contribution < -0.4 is 14.8 Å². The molecule has 0 saturated heterocycles. The fraction of sp³-hybridized carbons (Fsp3) is 0.818. The highest BCUT2D eigenvalue weighted by Gasteiger charge is 2.28. The van der Waals surface area contributed by atoms with Gasteiger partial charge in [-0.1, -0.05) is 50.6 Å². The molecule has 0 aromatic carbocycles. The minimum Gasteiger partial charge on any atom is -0.300 e. The quantitative estimate of drug-likeness (QED) is 0.268. The molecule has 116 valence electrons. The van der Waals surface area contributed by atoms with Crippen LogP contribution in [0.1, 0.15) is 39.5 Å². The summed E-state index contributed by atoms with van der Waals surface area (Å²) in [7, 11) is 0. The van der Waals surface area contributed by atoms with E-state index in [9.17, 15) is 0 Å². The van der Waals surface area contributed by atoms with Gasteiger partial charge in [-0.05, 0) is 36.0 Å². The summed E-state index contributed by atoms with van der Waals surface area (Å²) in [6, 6.07) is 0. The molecule has 1 heterocycles. The number of alkyl halides is 2. The molecule has 0 spiro atoms. The Morgan fingerprint density at radius 1 is 1.00 bits per heavy atom. The van der Waals surface area contributed by atoms with Gasteiger partial charge in [-0.15, -0.1) is 0 Å². The van der Waals surface area contributed by atoms with Crippen LogP contribution in [0.5, 0.6) is 0 Å². The lowest BCUT2D eigenvalue weighted by Crippen LogP contribution is -2.48. The second-order valence-electron chi connectivity index (χ2n) is 4.16. The molecule has 1 aliphatic rings. The third kappa shape index (κ3) is 7.71. The lowest BCUT2D eigenvalue weighted by Gasteiger charge is -2.22. The van der Waals surface area contributed by atoms with E-state index in [0.29, 0.717) is 11.9 Å². The maximum absolute atomic E-state index is 5.99. The minimum absolute atomic E-state index is 0.518. The van der Waals surface area contributed by atoms with Gasteiger partial charge in [0, 0.05) is 11.5 Å². The topological polar surface area (TPSA) is 60.8 Å². The first-order valence-electron chi connectivity index (χ1n) is 6.67. The Morgan fingerprint density at radius 2 is 1.45 bits per heavy atom. The average Bonchev–Trinajstić information content (AvgIpc) is 2.38. The highest BCUT2D eigenvalue weighted by molar-refractivity contribution is 7.98. The first kappa shape index (κ1) is 18.1. The van der Waals surface area contributed by atoms with Gasteiger partial charge in [-0.2, -0.15) is 9.98 Å². The maximum atomic E-state index is 5.99. The van der Waals surface area contributed by atoms with Gasteiger partial charge in [0.25, 0.3) is 0 Å². The van der Waals surface area contributed by atoms with Crippen molar-refractivity contribution in [3.63, 3.8) is 0 Å². The molecular weight excluding hydrogens is 337 g/mol. The van der Waals surface area contributed by atoms with E-state index in [-0.39, 0.29) is 0 Å². The van der Waals surface area contributed by atoms with Gasteiger partial charge in [0.05, 0.1) is 0 Å². The highest BCUT2D eigenvalue weighted by Crippen LogP contribution is 2.26. The van der Waals surface area contributed by atoms with E-state index in [1.54, 1.807) is 23.9 Å². The first-order chi connectivity index (χ1) is 9.57. The van der Waals surface area contributed by atoms with Gasteiger partial charge in [-0.25, -0.2) is 0 Å². The molecule has 0 aliphatic carbocycles. The molecule has 0 aromatic rings. The van der Waals surface area contributed by atoms with Crippen molar-refractivity contribution in [1.82, 2.24) is 14.8 Å². The van der Waals surface area contributed by atoms with E-state index in [1.807, 2.05) is 0 Å². The van der Waals surface area contributed by atoms with E-state index in [4.69, 9.17) is 23.2 Å². The number of hydrogen-bond donors (Lipinski definition) is 3. The lowest BCUT2D eigenvalue weighted by atomic mass is 10.4. The van der Waals surface area contributed by atoms with Crippen LogP contribution in [0, 0.1) is 0 Å². The smallest absolute Gasteiger partial charge is 0.300 e. The van der Waals surface area contributed by atoms with Gasteiger partial charge < -0.3 is 0 Å². The molecule has 0 fully saturated rings. The summed E-state index contributed by atoms with van der Waals surface area (Å²) in [6.07, 6.45) is 4.60. The van der Waals surface area contributed by atoms with E-state index in [1.165, 1.54) is 0 Å². The molecule has 0 bridgehead atoms. The number of unbranched alkanes of at least 4 members (excludes halogenated alkanes) is 2. The molecule has 0 saturated carbocycles. The van der Waals surface area contributed by atoms with Crippen molar-refractivity contribution in [2.45, 2.75) is 44.1 Å². The molecule has 0 atom stereocenters. The van der Waals surface area contributed by atoms with E-state index >= 15 is 0 Å². The highest BCUT2D eigenvalue weighted by atomic mass is 35.5. The summed E-state index contributed by atoms with van der Waals surface area (Å²) < 4.78 is 4.72. The predicted molar refractivity (Wildman–Crippen MR) is 93.4 cm³/mol. The van der Waals surface area contributed by atoms with Crippen LogP contribution in [0.4, 0.5) is 0 Å². The fourth-order valence-corrected chi connectivity index (χ4v) is 3.11. The normalized spacial score (nSPS) is 17.0. The van der Waals surface area contributed by atoms with Crippen molar-refractivity contribution in [2.24, 2.45) is 9.98 Å². The molecule has 20 heavy (non-hydrogen) atoms. The van der Waals surface area contributed by atoms with Crippen LogP contribution in [0.3, 0.4) is 0 Å². The number of nitrogens with one attached hydrogen (secondary N) is 3. The van der Waals surface area contributed by atoms with Crippen LogP contribution in [0.25, 0.3) is 0 Å². The third-order valence-corrected chi connectivity index (χ3v) is 4.27. The molecule has 0 aromatic heterocycles. The number of nitrogens with zero attached hydrogens (tertiary/aromatic N) is 2. The van der Waals surface area contributed by atoms with Crippen molar-refractivity contribution in [3.05, 3.63) is 0 Å². The van der Waals surface area contributed by atoms with E-state index in [0.717, 1.165) is 37.2 Å². The van der Waals surface area contributed by atoms with Crippen LogP contribution in [-0.4, -0.2) is 28.0 Å². The van der Waals surface area contributed by atoms with E-state index < -0.39 is 4.58 Å². The number of hydrogen-bond acceptors (Lipinski definition) is 7. The van der Waals surface area contributed by atoms with Crippen molar-refractivity contribution >= 4 is 59.0 Å². The average molecular weight is 358 g/mol. The van der Waals surface area contributed by atoms with Gasteiger partial charge in [0.15, 0.2) is 0 Å². The van der Waals surface area contributed by atoms with Crippen molar-refractivity contribution in [1.29, 1.82) is 0 Å². The van der Waals surface area contributed by atoms with Crippen LogP contribution in [0.2, 0.25) is 0 Å². The molecule has 0 amide bonds. The second-order valence-corrected chi connectivity index (χ2v) is 7.21.